The molecule has 0 aliphatic carbocycles. The Hall–Kier alpha value is -1.84. The maximum absolute atomic E-state index is 8.16. The van der Waals surface area contributed by atoms with Crippen LogP contribution >= 0.6 is 0 Å². The van der Waals surface area contributed by atoms with Gasteiger partial charge in [0.1, 0.15) is 6.07 Å². The van der Waals surface area contributed by atoms with Crippen molar-refractivity contribution in [1.82, 2.24) is 0 Å². The Kier molecular flexibility index (Phi) is 2.84. The van der Waals surface area contributed by atoms with E-state index in [9.17, 15) is 0 Å². The van der Waals surface area contributed by atoms with Gasteiger partial charge in [-0.25, -0.2) is 4.99 Å². The van der Waals surface area contributed by atoms with E-state index in [0.29, 0.717) is 0 Å². The van der Waals surface area contributed by atoms with Crippen molar-refractivity contribution in [2.24, 2.45) is 4.99 Å². The van der Waals surface area contributed by atoms with Crippen molar-refractivity contribution in [3.8, 4) is 6.07 Å². The van der Waals surface area contributed by atoms with Crippen molar-refractivity contribution in [1.29, 1.82) is 5.26 Å². The molecule has 2 nitrogen and oxygen atoms in total. The Bertz CT molecular complexity index is 348. The fourth-order valence-corrected chi connectivity index (χ4v) is 0.755. The molecule has 0 unspecified atom stereocenters. The maximum Gasteiger partial charge on any atom is 0.101 e. The van der Waals surface area contributed by atoms with E-state index in [2.05, 4.69) is 10.9 Å². The smallest absolute Gasteiger partial charge is 0.101 e. The Morgan fingerprint density at radius 1 is 1.33 bits per heavy atom. The van der Waals surface area contributed by atoms with Crippen molar-refractivity contribution in [3.05, 3.63) is 35.9 Å². The van der Waals surface area contributed by atoms with Crippen LogP contribution in [0.4, 0.5) is 5.69 Å². The number of rotatable bonds is 1. The predicted molar refractivity (Wildman–Crippen MR) is 48.5 cm³/mol. The quantitative estimate of drug-likeness (QED) is 0.454. The Morgan fingerprint density at radius 3 is 2.58 bits per heavy atom. The number of aliphatic imine (C=N–C) groups is 1. The first-order valence-electron chi connectivity index (χ1n) is 3.57. The second-order valence-electron chi connectivity index (χ2n) is 2.35. The van der Waals surface area contributed by atoms with Crippen LogP contribution in [0.1, 0.15) is 5.56 Å². The van der Waals surface area contributed by atoms with Crippen molar-refractivity contribution >= 4 is 11.6 Å². The summed E-state index contributed by atoms with van der Waals surface area (Å²) < 4.78 is 0. The van der Waals surface area contributed by atoms with Crippen LogP contribution in [0.15, 0.2) is 35.3 Å². The fraction of sp³-hybridized carbons (Fsp3) is 0.100. The molecule has 0 fully saturated rings. The molecule has 1 rings (SSSR count). The molecule has 0 aliphatic rings. The molecule has 0 heterocycles. The Morgan fingerprint density at radius 2 is 2.00 bits per heavy atom. The first kappa shape index (κ1) is 8.26. The van der Waals surface area contributed by atoms with Gasteiger partial charge >= 0.3 is 0 Å². The number of benzene rings is 1. The van der Waals surface area contributed by atoms with E-state index in [0.717, 1.165) is 5.69 Å². The third kappa shape index (κ3) is 2.42. The summed E-state index contributed by atoms with van der Waals surface area (Å²) in [4.78, 5) is 3.91. The van der Waals surface area contributed by atoms with Gasteiger partial charge in [0.25, 0.3) is 0 Å². The standard InChI is InChI=1S/C10H8N2/c1-9-3-5-10(6-4-9)12-8-2-7-11/h2-6H,1H3. The van der Waals surface area contributed by atoms with E-state index >= 15 is 0 Å². The number of hydrogen-bond acceptors (Lipinski definition) is 2. The van der Waals surface area contributed by atoms with E-state index in [1.165, 1.54) is 11.6 Å². The van der Waals surface area contributed by atoms with Crippen molar-refractivity contribution < 1.29 is 0 Å². The van der Waals surface area contributed by atoms with Crippen LogP contribution in [0.5, 0.6) is 0 Å². The molecular weight excluding hydrogens is 148 g/mol. The molecule has 0 atom stereocenters. The van der Waals surface area contributed by atoms with E-state index in [-0.39, 0.29) is 0 Å². The zero-order valence-corrected chi connectivity index (χ0v) is 6.78. The summed E-state index contributed by atoms with van der Waals surface area (Å²) in [5.41, 5.74) is 2.00. The highest BCUT2D eigenvalue weighted by Crippen LogP contribution is 2.10. The first-order chi connectivity index (χ1) is 5.83. The molecule has 0 aliphatic heterocycles. The SMILES string of the molecule is Cc1ccc(N=C=CC#N)cc1. The summed E-state index contributed by atoms with van der Waals surface area (Å²) in [5, 5.41) is 8.16. The summed E-state index contributed by atoms with van der Waals surface area (Å²) in [6.45, 7) is 2.01. The lowest BCUT2D eigenvalue weighted by atomic mass is 10.2. The van der Waals surface area contributed by atoms with Crippen molar-refractivity contribution in [2.75, 3.05) is 0 Å². The van der Waals surface area contributed by atoms with Gasteiger partial charge in [-0.1, -0.05) is 17.7 Å². The summed E-state index contributed by atoms with van der Waals surface area (Å²) in [6.07, 6.45) is 1.22. The van der Waals surface area contributed by atoms with Crippen molar-refractivity contribution in [2.45, 2.75) is 6.92 Å². The molecule has 0 bridgehead atoms. The number of nitriles is 1. The largest absolute Gasteiger partial charge is 0.206 e. The highest BCUT2D eigenvalue weighted by Gasteiger charge is 1.84. The van der Waals surface area contributed by atoms with E-state index in [1.54, 1.807) is 0 Å². The van der Waals surface area contributed by atoms with Crippen LogP contribution in [0.25, 0.3) is 0 Å². The third-order valence-electron chi connectivity index (χ3n) is 1.36. The molecule has 58 valence electrons. The zero-order chi connectivity index (χ0) is 8.81. The Labute approximate surface area is 71.5 Å². The minimum atomic E-state index is 0.812. The second-order valence-corrected chi connectivity index (χ2v) is 2.35. The minimum absolute atomic E-state index is 0.812. The van der Waals surface area contributed by atoms with Gasteiger partial charge in [-0.3, -0.25) is 0 Å². The lowest BCUT2D eigenvalue weighted by molar-refractivity contribution is 1.44. The molecule has 0 spiro atoms. The molecule has 1 aromatic rings. The lowest BCUT2D eigenvalue weighted by Crippen LogP contribution is -1.67. The van der Waals surface area contributed by atoms with Crippen molar-refractivity contribution in [3.63, 3.8) is 0 Å². The monoisotopic (exact) mass is 156 g/mol. The highest BCUT2D eigenvalue weighted by molar-refractivity contribution is 5.61. The van der Waals surface area contributed by atoms with Crippen LogP contribution < -0.4 is 0 Å². The van der Waals surface area contributed by atoms with Gasteiger partial charge in [0.05, 0.1) is 11.8 Å². The average Bonchev–Trinajstić information content (AvgIpc) is 2.09. The average molecular weight is 156 g/mol. The van der Waals surface area contributed by atoms with E-state index in [1.807, 2.05) is 37.3 Å². The van der Waals surface area contributed by atoms with Gasteiger partial charge in [-0.2, -0.15) is 5.26 Å². The lowest BCUT2D eigenvalue weighted by Gasteiger charge is -1.90. The van der Waals surface area contributed by atoms with Gasteiger partial charge in [0, 0.05) is 0 Å². The van der Waals surface area contributed by atoms with E-state index < -0.39 is 0 Å². The molecule has 0 radical (unpaired) electrons. The van der Waals surface area contributed by atoms with Gasteiger partial charge in [0.2, 0.25) is 0 Å². The molecule has 0 saturated heterocycles. The van der Waals surface area contributed by atoms with Crippen LogP contribution in [-0.2, 0) is 0 Å². The molecule has 1 aromatic carbocycles. The number of allylic oxidation sites excluding steroid dienone is 1. The summed E-state index contributed by atoms with van der Waals surface area (Å²) in [5.74, 6) is 2.51. The molecule has 12 heavy (non-hydrogen) atoms. The van der Waals surface area contributed by atoms with Gasteiger partial charge < -0.3 is 0 Å². The molecular formula is C10H8N2. The van der Waals surface area contributed by atoms with Gasteiger partial charge in [-0.15, -0.1) is 0 Å². The molecule has 2 heteroatoms. The third-order valence-corrected chi connectivity index (χ3v) is 1.36. The number of nitrogens with zero attached hydrogens (tertiary/aromatic N) is 2. The summed E-state index contributed by atoms with van der Waals surface area (Å²) in [7, 11) is 0. The Balaban J connectivity index is 2.86. The first-order valence-corrected chi connectivity index (χ1v) is 3.57. The highest BCUT2D eigenvalue weighted by atomic mass is 14.7. The molecule has 0 N–H and O–H groups in total. The second kappa shape index (κ2) is 4.12. The predicted octanol–water partition coefficient (Wildman–Crippen LogP) is 2.38. The van der Waals surface area contributed by atoms with Crippen LogP contribution in [0, 0.1) is 18.3 Å². The van der Waals surface area contributed by atoms with Gasteiger partial charge in [-0.05, 0) is 24.9 Å². The fourth-order valence-electron chi connectivity index (χ4n) is 0.755. The van der Waals surface area contributed by atoms with Gasteiger partial charge in [0.15, 0.2) is 0 Å². The summed E-state index contributed by atoms with van der Waals surface area (Å²) in [6, 6.07) is 9.51. The van der Waals surface area contributed by atoms with Crippen LogP contribution in [-0.4, -0.2) is 5.87 Å². The normalized spacial score (nSPS) is 8.00. The van der Waals surface area contributed by atoms with Crippen LogP contribution in [0.2, 0.25) is 0 Å². The maximum atomic E-state index is 8.16. The minimum Gasteiger partial charge on any atom is -0.206 e. The van der Waals surface area contributed by atoms with Crippen LogP contribution in [0.3, 0.4) is 0 Å². The molecule has 0 saturated carbocycles. The number of aryl methyl sites for hydroxylation is 1. The molecule has 0 aromatic heterocycles. The summed E-state index contributed by atoms with van der Waals surface area (Å²) >= 11 is 0. The van der Waals surface area contributed by atoms with E-state index in [4.69, 9.17) is 5.26 Å². The molecule has 0 amide bonds. The number of hydrogen-bond donors (Lipinski definition) is 0. The topological polar surface area (TPSA) is 36.1 Å². The zero-order valence-electron chi connectivity index (χ0n) is 6.78.